The van der Waals surface area contributed by atoms with Crippen LogP contribution >= 0.6 is 0 Å². The molecule has 3 N–H and O–H groups in total. The van der Waals surface area contributed by atoms with E-state index in [0.717, 1.165) is 19.6 Å². The average molecular weight is 266 g/mol. The maximum atomic E-state index is 11.8. The van der Waals surface area contributed by atoms with Gasteiger partial charge in [0.2, 0.25) is 5.91 Å². The maximum Gasteiger partial charge on any atom is 0.321 e. The van der Waals surface area contributed by atoms with E-state index in [1.165, 1.54) is 0 Å². The van der Waals surface area contributed by atoms with Crippen LogP contribution in [0.2, 0.25) is 0 Å². The summed E-state index contributed by atoms with van der Waals surface area (Å²) in [6.07, 6.45) is 1.57. The summed E-state index contributed by atoms with van der Waals surface area (Å²) < 4.78 is 0. The summed E-state index contributed by atoms with van der Waals surface area (Å²) in [6, 6.07) is -0.0689. The lowest BCUT2D eigenvalue weighted by Gasteiger charge is -2.23. The molecule has 6 nitrogen and oxygen atoms in total. The van der Waals surface area contributed by atoms with Gasteiger partial charge in [0.1, 0.15) is 0 Å². The van der Waals surface area contributed by atoms with E-state index in [-0.39, 0.29) is 12.5 Å². The molecule has 19 heavy (non-hydrogen) atoms. The van der Waals surface area contributed by atoms with Crippen LogP contribution in [0.5, 0.6) is 0 Å². The van der Waals surface area contributed by atoms with Gasteiger partial charge < -0.3 is 10.6 Å². The van der Waals surface area contributed by atoms with Crippen molar-refractivity contribution in [2.24, 2.45) is 11.8 Å². The van der Waals surface area contributed by atoms with Gasteiger partial charge in [-0.1, -0.05) is 6.08 Å². The Labute approximate surface area is 113 Å². The molecule has 2 rings (SSSR count). The number of carbonyl (C=O) groups excluding carboxylic acids is 2. The largest absolute Gasteiger partial charge is 0.334 e. The number of carbonyl (C=O) groups is 2. The molecule has 0 aromatic carbocycles. The molecule has 2 fully saturated rings. The van der Waals surface area contributed by atoms with Crippen molar-refractivity contribution in [3.63, 3.8) is 0 Å². The number of likely N-dealkylation sites (tertiary alicyclic amines) is 1. The molecule has 3 amide bonds. The van der Waals surface area contributed by atoms with Crippen molar-refractivity contribution in [1.82, 2.24) is 20.9 Å². The minimum absolute atomic E-state index is 0.249. The SMILES string of the molecule is C=CCNC(=O)NC(=O)CN1CC2CNCC2C1C. The Kier molecular flexibility index (Phi) is 4.55. The molecule has 0 aromatic rings. The van der Waals surface area contributed by atoms with Gasteiger partial charge in [-0.05, 0) is 31.8 Å². The van der Waals surface area contributed by atoms with Crippen LogP contribution in [0.25, 0.3) is 0 Å². The Balaban J connectivity index is 1.76. The van der Waals surface area contributed by atoms with Crippen LogP contribution in [0.1, 0.15) is 6.92 Å². The summed E-state index contributed by atoms with van der Waals surface area (Å²) in [7, 11) is 0. The smallest absolute Gasteiger partial charge is 0.321 e. The number of fused-ring (bicyclic) bond motifs is 1. The average Bonchev–Trinajstić information content (AvgIpc) is 2.91. The van der Waals surface area contributed by atoms with E-state index in [9.17, 15) is 9.59 Å². The number of hydrogen-bond acceptors (Lipinski definition) is 4. The predicted molar refractivity (Wildman–Crippen MR) is 72.6 cm³/mol. The first-order valence-electron chi connectivity index (χ1n) is 6.75. The third-order valence-corrected chi connectivity index (χ3v) is 4.06. The Morgan fingerprint density at radius 3 is 2.95 bits per heavy atom. The topological polar surface area (TPSA) is 73.5 Å². The summed E-state index contributed by atoms with van der Waals surface area (Å²) in [6.45, 7) is 9.29. The van der Waals surface area contributed by atoms with Crippen molar-refractivity contribution < 1.29 is 9.59 Å². The fraction of sp³-hybridized carbons (Fsp3) is 0.692. The van der Waals surface area contributed by atoms with Gasteiger partial charge in [0, 0.05) is 19.1 Å². The van der Waals surface area contributed by atoms with Crippen LogP contribution in [0.3, 0.4) is 0 Å². The van der Waals surface area contributed by atoms with E-state index in [2.05, 4.69) is 34.4 Å². The van der Waals surface area contributed by atoms with Crippen LogP contribution in [0.4, 0.5) is 4.79 Å². The maximum absolute atomic E-state index is 11.8. The number of nitrogens with zero attached hydrogens (tertiary/aromatic N) is 1. The summed E-state index contributed by atoms with van der Waals surface area (Å²) in [5, 5.41) is 8.24. The number of amides is 3. The lowest BCUT2D eigenvalue weighted by atomic mass is 9.95. The summed E-state index contributed by atoms with van der Waals surface area (Å²) in [5.41, 5.74) is 0. The molecule has 2 aliphatic rings. The predicted octanol–water partition coefficient (Wildman–Crippen LogP) is -0.462. The molecule has 3 atom stereocenters. The zero-order valence-corrected chi connectivity index (χ0v) is 11.3. The number of rotatable bonds is 4. The van der Waals surface area contributed by atoms with E-state index in [0.29, 0.717) is 24.4 Å². The number of nitrogens with one attached hydrogen (secondary N) is 3. The molecular weight excluding hydrogens is 244 g/mol. The molecule has 0 aliphatic carbocycles. The Bertz CT molecular complexity index is 372. The third kappa shape index (κ3) is 3.33. The molecule has 0 aromatic heterocycles. The standard InChI is InChI=1S/C13H22N4O2/c1-3-4-15-13(19)16-12(18)8-17-7-10-5-14-6-11(10)9(17)2/h3,9-11,14H,1,4-8H2,2H3,(H2,15,16,18,19). The molecule has 106 valence electrons. The van der Waals surface area contributed by atoms with Crippen LogP contribution in [0, 0.1) is 11.8 Å². The van der Waals surface area contributed by atoms with Crippen molar-refractivity contribution >= 4 is 11.9 Å². The van der Waals surface area contributed by atoms with E-state index in [1.807, 2.05) is 0 Å². The Hall–Kier alpha value is -1.40. The first-order valence-corrected chi connectivity index (χ1v) is 6.75. The molecular formula is C13H22N4O2. The molecule has 2 saturated heterocycles. The second-order valence-corrected chi connectivity index (χ2v) is 5.30. The van der Waals surface area contributed by atoms with Gasteiger partial charge in [-0.3, -0.25) is 15.0 Å². The molecule has 2 aliphatic heterocycles. The summed E-state index contributed by atoms with van der Waals surface area (Å²) >= 11 is 0. The van der Waals surface area contributed by atoms with Crippen molar-refractivity contribution in [1.29, 1.82) is 0 Å². The lowest BCUT2D eigenvalue weighted by molar-refractivity contribution is -0.121. The monoisotopic (exact) mass is 266 g/mol. The van der Waals surface area contributed by atoms with Crippen molar-refractivity contribution in [3.05, 3.63) is 12.7 Å². The molecule has 0 spiro atoms. The second-order valence-electron chi connectivity index (χ2n) is 5.30. The van der Waals surface area contributed by atoms with E-state index in [4.69, 9.17) is 0 Å². The fourth-order valence-electron chi connectivity index (χ4n) is 3.02. The highest BCUT2D eigenvalue weighted by Crippen LogP contribution is 2.31. The summed E-state index contributed by atoms with van der Waals surface area (Å²) in [5.74, 6) is 1.01. The fourth-order valence-corrected chi connectivity index (χ4v) is 3.02. The van der Waals surface area contributed by atoms with Crippen LogP contribution in [0.15, 0.2) is 12.7 Å². The van der Waals surface area contributed by atoms with Gasteiger partial charge in [0.15, 0.2) is 0 Å². The van der Waals surface area contributed by atoms with Crippen LogP contribution in [-0.2, 0) is 4.79 Å². The minimum atomic E-state index is -0.460. The quantitative estimate of drug-likeness (QED) is 0.602. The van der Waals surface area contributed by atoms with Gasteiger partial charge >= 0.3 is 6.03 Å². The third-order valence-electron chi connectivity index (χ3n) is 4.06. The highest BCUT2D eigenvalue weighted by molar-refractivity contribution is 5.95. The van der Waals surface area contributed by atoms with Crippen molar-refractivity contribution in [2.75, 3.05) is 32.7 Å². The molecule has 0 bridgehead atoms. The van der Waals surface area contributed by atoms with Crippen molar-refractivity contribution in [2.45, 2.75) is 13.0 Å². The van der Waals surface area contributed by atoms with E-state index >= 15 is 0 Å². The van der Waals surface area contributed by atoms with Crippen LogP contribution < -0.4 is 16.0 Å². The minimum Gasteiger partial charge on any atom is -0.334 e. The molecule has 3 unspecified atom stereocenters. The summed E-state index contributed by atoms with van der Waals surface area (Å²) in [4.78, 5) is 25.3. The zero-order valence-electron chi connectivity index (χ0n) is 11.3. The van der Waals surface area contributed by atoms with Crippen LogP contribution in [-0.4, -0.2) is 55.6 Å². The zero-order chi connectivity index (χ0) is 13.8. The van der Waals surface area contributed by atoms with Gasteiger partial charge in [-0.15, -0.1) is 6.58 Å². The molecule has 2 heterocycles. The van der Waals surface area contributed by atoms with Gasteiger partial charge in [0.25, 0.3) is 0 Å². The van der Waals surface area contributed by atoms with Gasteiger partial charge in [-0.2, -0.15) is 0 Å². The molecule has 6 heteroatoms. The van der Waals surface area contributed by atoms with Gasteiger partial charge in [0.05, 0.1) is 6.54 Å². The molecule has 0 saturated carbocycles. The Morgan fingerprint density at radius 1 is 1.47 bits per heavy atom. The Morgan fingerprint density at radius 2 is 2.26 bits per heavy atom. The highest BCUT2D eigenvalue weighted by atomic mass is 16.2. The number of hydrogen-bond donors (Lipinski definition) is 3. The van der Waals surface area contributed by atoms with Crippen molar-refractivity contribution in [3.8, 4) is 0 Å². The highest BCUT2D eigenvalue weighted by Gasteiger charge is 2.42. The normalized spacial score (nSPS) is 29.8. The first kappa shape index (κ1) is 14.0. The number of imide groups is 1. The van der Waals surface area contributed by atoms with E-state index in [1.54, 1.807) is 6.08 Å². The molecule has 0 radical (unpaired) electrons. The van der Waals surface area contributed by atoms with E-state index < -0.39 is 6.03 Å². The first-order chi connectivity index (χ1) is 9.11. The number of urea groups is 1. The van der Waals surface area contributed by atoms with Gasteiger partial charge in [-0.25, -0.2) is 4.79 Å². The lowest BCUT2D eigenvalue weighted by Crippen LogP contribution is -2.46. The second kappa shape index (κ2) is 6.16.